The van der Waals surface area contributed by atoms with Crippen LogP contribution in [0.1, 0.15) is 16.4 Å². The maximum absolute atomic E-state index is 6.16. The van der Waals surface area contributed by atoms with Crippen LogP contribution in [0.15, 0.2) is 23.2 Å². The van der Waals surface area contributed by atoms with Crippen LogP contribution in [0, 0.1) is 6.92 Å². The molecule has 0 aliphatic carbocycles. The van der Waals surface area contributed by atoms with Gasteiger partial charge in [-0.15, -0.1) is 0 Å². The van der Waals surface area contributed by atoms with Gasteiger partial charge in [0.05, 0.1) is 11.8 Å². The van der Waals surface area contributed by atoms with E-state index >= 15 is 0 Å². The molecule has 2 nitrogen and oxygen atoms in total. The summed E-state index contributed by atoms with van der Waals surface area (Å²) in [6, 6.07) is 6.18. The van der Waals surface area contributed by atoms with Gasteiger partial charge in [0.1, 0.15) is 0 Å². The molecule has 3 rings (SSSR count). The van der Waals surface area contributed by atoms with Crippen molar-refractivity contribution in [1.82, 2.24) is 4.90 Å². The molecular formula is C12H13ClN2S. The average molecular weight is 253 g/mol. The number of benzene rings is 1. The van der Waals surface area contributed by atoms with E-state index in [1.54, 1.807) is 0 Å². The highest BCUT2D eigenvalue weighted by Gasteiger charge is 2.32. The van der Waals surface area contributed by atoms with Crippen LogP contribution >= 0.6 is 23.4 Å². The number of amidine groups is 1. The number of hydrogen-bond donors (Lipinski definition) is 0. The van der Waals surface area contributed by atoms with Crippen LogP contribution in [0.3, 0.4) is 0 Å². The Balaban J connectivity index is 1.91. The van der Waals surface area contributed by atoms with E-state index in [1.807, 2.05) is 23.9 Å². The highest BCUT2D eigenvalue weighted by atomic mass is 35.5. The Labute approximate surface area is 105 Å². The van der Waals surface area contributed by atoms with E-state index in [2.05, 4.69) is 22.9 Å². The average Bonchev–Trinajstić information content (AvgIpc) is 2.81. The third-order valence-corrected chi connectivity index (χ3v) is 4.87. The number of rotatable bonds is 1. The van der Waals surface area contributed by atoms with Gasteiger partial charge in [0.2, 0.25) is 0 Å². The van der Waals surface area contributed by atoms with Gasteiger partial charge in [-0.3, -0.25) is 4.99 Å². The zero-order chi connectivity index (χ0) is 11.1. The maximum Gasteiger partial charge on any atom is 0.160 e. The number of aliphatic imine (C=N–C) groups is 1. The lowest BCUT2D eigenvalue weighted by Gasteiger charge is -2.14. The summed E-state index contributed by atoms with van der Waals surface area (Å²) >= 11 is 8.03. The summed E-state index contributed by atoms with van der Waals surface area (Å²) in [5, 5.41) is 2.58. The predicted molar refractivity (Wildman–Crippen MR) is 70.4 cm³/mol. The first-order chi connectivity index (χ1) is 7.75. The Morgan fingerprint density at radius 1 is 1.50 bits per heavy atom. The summed E-state index contributed by atoms with van der Waals surface area (Å²) < 4.78 is 0. The number of hydrogen-bond acceptors (Lipinski definition) is 3. The molecule has 1 saturated heterocycles. The van der Waals surface area contributed by atoms with Crippen molar-refractivity contribution < 1.29 is 0 Å². The minimum absolute atomic E-state index is 0.498. The van der Waals surface area contributed by atoms with E-state index in [4.69, 9.17) is 11.6 Å². The molecule has 4 heteroatoms. The molecule has 16 heavy (non-hydrogen) atoms. The molecule has 2 heterocycles. The molecule has 0 bridgehead atoms. The SMILES string of the molecule is Cc1c(Cl)cccc1C1CN2CCN=C2S1. The normalized spacial score (nSPS) is 23.5. The predicted octanol–water partition coefficient (Wildman–Crippen LogP) is 3.11. The third-order valence-electron chi connectivity index (χ3n) is 3.18. The zero-order valence-electron chi connectivity index (χ0n) is 9.11. The lowest BCUT2D eigenvalue weighted by Crippen LogP contribution is -2.21. The summed E-state index contributed by atoms with van der Waals surface area (Å²) in [5.41, 5.74) is 2.57. The highest BCUT2D eigenvalue weighted by molar-refractivity contribution is 8.14. The van der Waals surface area contributed by atoms with Gasteiger partial charge in [0, 0.05) is 18.1 Å². The number of nitrogens with zero attached hydrogens (tertiary/aromatic N) is 2. The summed E-state index contributed by atoms with van der Waals surface area (Å²) in [7, 11) is 0. The highest BCUT2D eigenvalue weighted by Crippen LogP contribution is 2.41. The van der Waals surface area contributed by atoms with Gasteiger partial charge < -0.3 is 4.90 Å². The van der Waals surface area contributed by atoms with Gasteiger partial charge in [0.15, 0.2) is 5.17 Å². The smallest absolute Gasteiger partial charge is 0.160 e. The molecule has 2 aliphatic heterocycles. The van der Waals surface area contributed by atoms with Gasteiger partial charge in [-0.25, -0.2) is 0 Å². The lowest BCUT2D eigenvalue weighted by molar-refractivity contribution is 0.476. The fourth-order valence-corrected chi connectivity index (χ4v) is 3.80. The van der Waals surface area contributed by atoms with Crippen molar-refractivity contribution in [2.45, 2.75) is 12.2 Å². The van der Waals surface area contributed by atoms with Gasteiger partial charge in [-0.05, 0) is 24.1 Å². The van der Waals surface area contributed by atoms with Gasteiger partial charge in [0.25, 0.3) is 0 Å². The Morgan fingerprint density at radius 3 is 3.19 bits per heavy atom. The molecule has 2 aliphatic rings. The quantitative estimate of drug-likeness (QED) is 0.763. The van der Waals surface area contributed by atoms with E-state index < -0.39 is 0 Å². The van der Waals surface area contributed by atoms with Crippen molar-refractivity contribution in [1.29, 1.82) is 0 Å². The summed E-state index contributed by atoms with van der Waals surface area (Å²) in [6.45, 7) is 5.22. The Hall–Kier alpha value is -0.670. The number of thioether (sulfide) groups is 1. The third kappa shape index (κ3) is 1.62. The molecule has 0 amide bonds. The van der Waals surface area contributed by atoms with Gasteiger partial charge in [-0.2, -0.15) is 0 Å². The fourth-order valence-electron chi connectivity index (χ4n) is 2.24. The first kappa shape index (κ1) is 10.5. The molecule has 0 spiro atoms. The molecule has 1 atom stereocenters. The summed E-state index contributed by atoms with van der Waals surface area (Å²) in [4.78, 5) is 6.87. The van der Waals surface area contributed by atoms with Crippen LogP contribution in [0.4, 0.5) is 0 Å². The van der Waals surface area contributed by atoms with Crippen molar-refractivity contribution in [2.75, 3.05) is 19.6 Å². The van der Waals surface area contributed by atoms with Crippen LogP contribution < -0.4 is 0 Å². The lowest BCUT2D eigenvalue weighted by atomic mass is 10.1. The molecule has 1 aromatic carbocycles. The van der Waals surface area contributed by atoms with Crippen molar-refractivity contribution >= 4 is 28.5 Å². The molecular weight excluding hydrogens is 240 g/mol. The second kappa shape index (κ2) is 3.97. The number of fused-ring (bicyclic) bond motifs is 1. The van der Waals surface area contributed by atoms with E-state index in [9.17, 15) is 0 Å². The molecule has 1 unspecified atom stereocenters. The van der Waals surface area contributed by atoms with Crippen LogP contribution in [-0.4, -0.2) is 29.7 Å². The van der Waals surface area contributed by atoms with Gasteiger partial charge in [-0.1, -0.05) is 35.5 Å². The van der Waals surface area contributed by atoms with Crippen molar-refractivity contribution in [3.05, 3.63) is 34.3 Å². The first-order valence-electron chi connectivity index (χ1n) is 5.47. The zero-order valence-corrected chi connectivity index (χ0v) is 10.7. The van der Waals surface area contributed by atoms with Crippen LogP contribution in [-0.2, 0) is 0 Å². The minimum atomic E-state index is 0.498. The molecule has 0 aromatic heterocycles. The monoisotopic (exact) mass is 252 g/mol. The molecule has 84 valence electrons. The maximum atomic E-state index is 6.16. The first-order valence-corrected chi connectivity index (χ1v) is 6.72. The Bertz CT molecular complexity index is 458. The molecule has 1 fully saturated rings. The Morgan fingerprint density at radius 2 is 2.38 bits per heavy atom. The topological polar surface area (TPSA) is 15.6 Å². The van der Waals surface area contributed by atoms with Crippen LogP contribution in [0.5, 0.6) is 0 Å². The van der Waals surface area contributed by atoms with Crippen LogP contribution in [0.2, 0.25) is 5.02 Å². The van der Waals surface area contributed by atoms with E-state index in [1.165, 1.54) is 16.3 Å². The molecule has 0 saturated carbocycles. The number of halogens is 1. The van der Waals surface area contributed by atoms with Gasteiger partial charge >= 0.3 is 0 Å². The fraction of sp³-hybridized carbons (Fsp3) is 0.417. The summed E-state index contributed by atoms with van der Waals surface area (Å²) in [5.74, 6) is 0. The van der Waals surface area contributed by atoms with Crippen molar-refractivity contribution in [2.24, 2.45) is 4.99 Å². The second-order valence-corrected chi connectivity index (χ2v) is 5.75. The van der Waals surface area contributed by atoms with E-state index in [0.29, 0.717) is 5.25 Å². The van der Waals surface area contributed by atoms with Crippen molar-refractivity contribution in [3.8, 4) is 0 Å². The molecule has 1 aromatic rings. The van der Waals surface area contributed by atoms with Crippen molar-refractivity contribution in [3.63, 3.8) is 0 Å². The standard InChI is InChI=1S/C12H13ClN2S/c1-8-9(3-2-4-10(8)13)11-7-15-6-5-14-12(15)16-11/h2-4,11H,5-7H2,1H3. The summed E-state index contributed by atoms with van der Waals surface area (Å²) in [6.07, 6.45) is 0. The molecule has 0 radical (unpaired) electrons. The second-order valence-electron chi connectivity index (χ2n) is 4.17. The Kier molecular flexibility index (Phi) is 2.60. The minimum Gasteiger partial charge on any atom is -0.348 e. The van der Waals surface area contributed by atoms with Crippen LogP contribution in [0.25, 0.3) is 0 Å². The largest absolute Gasteiger partial charge is 0.348 e. The van der Waals surface area contributed by atoms with E-state index in [0.717, 1.165) is 24.7 Å². The van der Waals surface area contributed by atoms with E-state index in [-0.39, 0.29) is 0 Å². The molecule has 0 N–H and O–H groups in total.